The van der Waals surface area contributed by atoms with Crippen LogP contribution in [0.3, 0.4) is 0 Å². The van der Waals surface area contributed by atoms with Crippen molar-refractivity contribution in [3.8, 4) is 0 Å². The molecular weight excluding hydrogens is 224 g/mol. The maximum Gasteiger partial charge on any atom is 0.105 e. The molecule has 1 aromatic heterocycles. The van der Waals surface area contributed by atoms with Crippen molar-refractivity contribution in [1.82, 2.24) is 10.2 Å². The monoisotopic (exact) mass is 250 g/mol. The van der Waals surface area contributed by atoms with Gasteiger partial charge in [0.1, 0.15) is 5.76 Å². The van der Waals surface area contributed by atoms with Crippen molar-refractivity contribution in [2.45, 2.75) is 45.7 Å². The van der Waals surface area contributed by atoms with E-state index in [-0.39, 0.29) is 0 Å². The van der Waals surface area contributed by atoms with Gasteiger partial charge in [0.15, 0.2) is 0 Å². The lowest BCUT2D eigenvalue weighted by molar-refractivity contribution is 0.0854. The van der Waals surface area contributed by atoms with E-state index in [0.717, 1.165) is 31.2 Å². The van der Waals surface area contributed by atoms with E-state index >= 15 is 0 Å². The zero-order chi connectivity index (χ0) is 13.0. The van der Waals surface area contributed by atoms with Gasteiger partial charge in [-0.3, -0.25) is 4.90 Å². The fourth-order valence-corrected chi connectivity index (χ4v) is 3.01. The molecule has 3 unspecified atom stereocenters. The van der Waals surface area contributed by atoms with Crippen LogP contribution in [-0.4, -0.2) is 36.6 Å². The first-order chi connectivity index (χ1) is 8.72. The first-order valence-electron chi connectivity index (χ1n) is 7.22. The first kappa shape index (κ1) is 13.6. The third kappa shape index (κ3) is 3.15. The predicted molar refractivity (Wildman–Crippen MR) is 74.7 cm³/mol. The van der Waals surface area contributed by atoms with Gasteiger partial charge >= 0.3 is 0 Å². The van der Waals surface area contributed by atoms with Crippen LogP contribution in [0.2, 0.25) is 0 Å². The van der Waals surface area contributed by atoms with Crippen molar-refractivity contribution < 1.29 is 4.42 Å². The van der Waals surface area contributed by atoms with E-state index in [1.165, 1.54) is 13.0 Å². The molecule has 0 bridgehead atoms. The van der Waals surface area contributed by atoms with Gasteiger partial charge in [0.25, 0.3) is 0 Å². The van der Waals surface area contributed by atoms with Gasteiger partial charge in [-0.05, 0) is 44.5 Å². The topological polar surface area (TPSA) is 28.4 Å². The summed E-state index contributed by atoms with van der Waals surface area (Å²) in [5.41, 5.74) is 0. The summed E-state index contributed by atoms with van der Waals surface area (Å²) in [4.78, 5) is 2.60. The summed E-state index contributed by atoms with van der Waals surface area (Å²) in [6, 6.07) is 5.38. The van der Waals surface area contributed by atoms with E-state index < -0.39 is 0 Å². The summed E-state index contributed by atoms with van der Waals surface area (Å²) >= 11 is 0. The Bertz CT molecular complexity index is 336. The second kappa shape index (κ2) is 6.39. The molecule has 1 aliphatic heterocycles. The molecule has 102 valence electrons. The van der Waals surface area contributed by atoms with E-state index in [1.54, 1.807) is 6.26 Å². The minimum atomic E-state index is 0.651. The Morgan fingerprint density at radius 1 is 1.44 bits per heavy atom. The highest BCUT2D eigenvalue weighted by Crippen LogP contribution is 2.23. The molecule has 0 saturated carbocycles. The van der Waals surface area contributed by atoms with Crippen molar-refractivity contribution in [2.24, 2.45) is 5.92 Å². The largest absolute Gasteiger partial charge is 0.469 e. The second-order valence-corrected chi connectivity index (χ2v) is 5.42. The number of likely N-dealkylation sites (tertiary alicyclic amines) is 1. The Morgan fingerprint density at radius 2 is 2.28 bits per heavy atom. The fourth-order valence-electron chi connectivity index (χ4n) is 3.01. The van der Waals surface area contributed by atoms with Gasteiger partial charge in [-0.2, -0.15) is 0 Å². The highest BCUT2D eigenvalue weighted by molar-refractivity contribution is 4.99. The van der Waals surface area contributed by atoms with E-state index in [9.17, 15) is 0 Å². The van der Waals surface area contributed by atoms with Crippen LogP contribution in [0.25, 0.3) is 0 Å². The molecule has 1 saturated heterocycles. The van der Waals surface area contributed by atoms with Gasteiger partial charge < -0.3 is 9.73 Å². The van der Waals surface area contributed by atoms with Crippen LogP contribution in [0.15, 0.2) is 22.8 Å². The lowest BCUT2D eigenvalue weighted by Crippen LogP contribution is -2.53. The highest BCUT2D eigenvalue weighted by atomic mass is 16.3. The minimum Gasteiger partial charge on any atom is -0.469 e. The fraction of sp³-hybridized carbons (Fsp3) is 0.733. The van der Waals surface area contributed by atoms with E-state index in [0.29, 0.717) is 12.1 Å². The number of nitrogens with one attached hydrogen (secondary N) is 1. The average molecular weight is 250 g/mol. The third-order valence-corrected chi connectivity index (χ3v) is 4.39. The second-order valence-electron chi connectivity index (χ2n) is 5.42. The molecule has 0 aromatic carbocycles. The number of hydrogen-bond acceptors (Lipinski definition) is 3. The molecular formula is C15H26N2O. The van der Waals surface area contributed by atoms with Crippen LogP contribution < -0.4 is 5.32 Å². The van der Waals surface area contributed by atoms with Crippen molar-refractivity contribution in [3.05, 3.63) is 24.2 Å². The van der Waals surface area contributed by atoms with Gasteiger partial charge in [-0.15, -0.1) is 0 Å². The molecule has 0 aliphatic carbocycles. The van der Waals surface area contributed by atoms with Crippen LogP contribution in [-0.2, 0) is 6.42 Å². The smallest absolute Gasteiger partial charge is 0.105 e. The van der Waals surface area contributed by atoms with E-state index in [2.05, 4.69) is 37.1 Å². The normalized spacial score (nSPS) is 29.6. The van der Waals surface area contributed by atoms with E-state index in [1.807, 2.05) is 6.07 Å². The minimum absolute atomic E-state index is 0.651. The van der Waals surface area contributed by atoms with Crippen LogP contribution in [0.4, 0.5) is 0 Å². The van der Waals surface area contributed by atoms with E-state index in [4.69, 9.17) is 4.42 Å². The molecule has 3 nitrogen and oxygen atoms in total. The highest BCUT2D eigenvalue weighted by Gasteiger charge is 2.31. The predicted octanol–water partition coefficient (Wildman–Crippen LogP) is 2.53. The summed E-state index contributed by atoms with van der Waals surface area (Å²) in [7, 11) is 0. The van der Waals surface area contributed by atoms with Gasteiger partial charge in [-0.1, -0.05) is 13.8 Å². The molecule has 1 fully saturated rings. The van der Waals surface area contributed by atoms with Gasteiger partial charge in [0, 0.05) is 25.0 Å². The zero-order valence-corrected chi connectivity index (χ0v) is 11.9. The van der Waals surface area contributed by atoms with Crippen LogP contribution >= 0.6 is 0 Å². The summed E-state index contributed by atoms with van der Waals surface area (Å²) in [6.07, 6.45) is 4.05. The first-order valence-corrected chi connectivity index (χ1v) is 7.22. The maximum absolute atomic E-state index is 5.41. The van der Waals surface area contributed by atoms with Gasteiger partial charge in [-0.25, -0.2) is 0 Å². The molecule has 0 spiro atoms. The Labute approximate surface area is 111 Å². The lowest BCUT2D eigenvalue weighted by atomic mass is 9.87. The quantitative estimate of drug-likeness (QED) is 0.870. The van der Waals surface area contributed by atoms with Crippen molar-refractivity contribution in [3.63, 3.8) is 0 Å². The molecule has 1 N–H and O–H groups in total. The van der Waals surface area contributed by atoms with Crippen molar-refractivity contribution >= 4 is 0 Å². The Hall–Kier alpha value is -0.800. The van der Waals surface area contributed by atoms with Gasteiger partial charge in [0.2, 0.25) is 0 Å². The van der Waals surface area contributed by atoms with Crippen LogP contribution in [0.1, 0.15) is 33.0 Å². The summed E-state index contributed by atoms with van der Waals surface area (Å²) in [6.45, 7) is 10.3. The van der Waals surface area contributed by atoms with Crippen LogP contribution in [0.5, 0.6) is 0 Å². The Kier molecular flexibility index (Phi) is 4.84. The molecule has 3 atom stereocenters. The van der Waals surface area contributed by atoms with Gasteiger partial charge in [0.05, 0.1) is 6.26 Å². The molecule has 0 amide bonds. The van der Waals surface area contributed by atoms with Crippen molar-refractivity contribution in [2.75, 3.05) is 19.6 Å². The SMILES string of the molecule is CCNC1CCN(CCc2ccco2)C(C)C1C. The summed E-state index contributed by atoms with van der Waals surface area (Å²) < 4.78 is 5.41. The molecule has 18 heavy (non-hydrogen) atoms. The number of rotatable bonds is 5. The molecule has 2 heterocycles. The third-order valence-electron chi connectivity index (χ3n) is 4.39. The summed E-state index contributed by atoms with van der Waals surface area (Å²) in [5.74, 6) is 1.82. The molecule has 3 heteroatoms. The molecule has 0 radical (unpaired) electrons. The molecule has 1 aliphatic rings. The van der Waals surface area contributed by atoms with Crippen LogP contribution in [0, 0.1) is 5.92 Å². The number of nitrogens with zero attached hydrogens (tertiary/aromatic N) is 1. The average Bonchev–Trinajstić information content (AvgIpc) is 2.87. The molecule has 2 rings (SSSR count). The standard InChI is InChI=1S/C15H26N2O/c1-4-16-15-8-10-17(13(3)12(15)2)9-7-14-6-5-11-18-14/h5-6,11-13,15-16H,4,7-10H2,1-3H3. The zero-order valence-electron chi connectivity index (χ0n) is 11.9. The Balaban J connectivity index is 1.84. The summed E-state index contributed by atoms with van der Waals surface area (Å²) in [5, 5.41) is 3.61. The molecule has 1 aromatic rings. The van der Waals surface area contributed by atoms with Crippen molar-refractivity contribution in [1.29, 1.82) is 0 Å². The number of hydrogen-bond donors (Lipinski definition) is 1. The Morgan fingerprint density at radius 3 is 2.94 bits per heavy atom. The number of furan rings is 1. The number of piperidine rings is 1. The maximum atomic E-state index is 5.41. The lowest BCUT2D eigenvalue weighted by Gasteiger charge is -2.43.